The number of carbonyl (C=O) groups is 1. The molecule has 1 aromatic carbocycles. The zero-order valence-electron chi connectivity index (χ0n) is 12.1. The van der Waals surface area contributed by atoms with E-state index in [9.17, 15) is 4.79 Å². The topological polar surface area (TPSA) is 29.5 Å². The lowest BCUT2D eigenvalue weighted by Crippen LogP contribution is -2.40. The molecule has 106 valence electrons. The van der Waals surface area contributed by atoms with E-state index in [1.54, 1.807) is 7.11 Å². The lowest BCUT2D eigenvalue weighted by atomic mass is 10.1. The maximum absolute atomic E-state index is 12.7. The molecule has 0 bridgehead atoms. The maximum Gasteiger partial charge on any atom is 0.255 e. The first-order chi connectivity index (χ1) is 9.02. The van der Waals surface area contributed by atoms with Gasteiger partial charge in [-0.1, -0.05) is 19.1 Å². The van der Waals surface area contributed by atoms with Gasteiger partial charge in [0.1, 0.15) is 0 Å². The minimum Gasteiger partial charge on any atom is -0.383 e. The van der Waals surface area contributed by atoms with Crippen LogP contribution in [0.1, 0.15) is 36.2 Å². The molecule has 1 rings (SSSR count). The molecule has 1 amide bonds. The molecule has 19 heavy (non-hydrogen) atoms. The fourth-order valence-corrected chi connectivity index (χ4v) is 2.33. The summed E-state index contributed by atoms with van der Waals surface area (Å²) in [5, 5.41) is 0. The number of amides is 1. The van der Waals surface area contributed by atoms with Gasteiger partial charge in [0.15, 0.2) is 0 Å². The highest BCUT2D eigenvalue weighted by molar-refractivity contribution is 9.10. The highest BCUT2D eigenvalue weighted by atomic mass is 79.9. The largest absolute Gasteiger partial charge is 0.383 e. The summed E-state index contributed by atoms with van der Waals surface area (Å²) >= 11 is 3.51. The second-order valence-corrected chi connectivity index (χ2v) is 5.48. The Hall–Kier alpha value is -0.870. The molecular weight excluding hydrogens is 306 g/mol. The summed E-state index contributed by atoms with van der Waals surface area (Å²) in [7, 11) is 1.65. The fourth-order valence-electron chi connectivity index (χ4n) is 1.90. The second kappa shape index (κ2) is 7.65. The summed E-state index contributed by atoms with van der Waals surface area (Å²) in [6.45, 7) is 7.31. The summed E-state index contributed by atoms with van der Waals surface area (Å²) in [4.78, 5) is 14.5. The lowest BCUT2D eigenvalue weighted by Gasteiger charge is -2.29. The number of carbonyl (C=O) groups excluding carboxylic acids is 1. The Bertz CT molecular complexity index is 434. The van der Waals surface area contributed by atoms with Crippen molar-refractivity contribution in [2.24, 2.45) is 0 Å². The van der Waals surface area contributed by atoms with Crippen LogP contribution in [0.25, 0.3) is 0 Å². The summed E-state index contributed by atoms with van der Waals surface area (Å²) in [5.74, 6) is 0.0574. The summed E-state index contributed by atoms with van der Waals surface area (Å²) < 4.78 is 5.98. The Morgan fingerprint density at radius 3 is 2.74 bits per heavy atom. The number of benzene rings is 1. The van der Waals surface area contributed by atoms with E-state index in [0.29, 0.717) is 13.2 Å². The van der Waals surface area contributed by atoms with Crippen LogP contribution in [0, 0.1) is 6.92 Å². The number of methoxy groups -OCH3 is 1. The summed E-state index contributed by atoms with van der Waals surface area (Å²) in [5.41, 5.74) is 1.79. The van der Waals surface area contributed by atoms with Gasteiger partial charge in [0.05, 0.1) is 12.2 Å². The highest BCUT2D eigenvalue weighted by Crippen LogP contribution is 2.23. The zero-order valence-corrected chi connectivity index (χ0v) is 13.7. The molecule has 0 aromatic heterocycles. The summed E-state index contributed by atoms with van der Waals surface area (Å²) in [6.07, 6.45) is 0.929. The average molecular weight is 328 g/mol. The van der Waals surface area contributed by atoms with Gasteiger partial charge in [-0.15, -0.1) is 0 Å². The molecule has 0 saturated heterocycles. The molecule has 1 unspecified atom stereocenters. The quantitative estimate of drug-likeness (QED) is 0.798. The molecular formula is C15H22BrNO2. The Balaban J connectivity index is 3.01. The van der Waals surface area contributed by atoms with Crippen LogP contribution in [0.15, 0.2) is 22.7 Å². The number of halogens is 1. The van der Waals surface area contributed by atoms with Crippen LogP contribution in [-0.2, 0) is 4.74 Å². The van der Waals surface area contributed by atoms with Gasteiger partial charge in [-0.2, -0.15) is 0 Å². The van der Waals surface area contributed by atoms with Gasteiger partial charge in [0, 0.05) is 24.2 Å². The van der Waals surface area contributed by atoms with Crippen molar-refractivity contribution >= 4 is 21.8 Å². The van der Waals surface area contributed by atoms with Crippen molar-refractivity contribution in [3.05, 3.63) is 33.8 Å². The molecule has 0 saturated carbocycles. The van der Waals surface area contributed by atoms with Gasteiger partial charge in [-0.3, -0.25) is 4.79 Å². The fraction of sp³-hybridized carbons (Fsp3) is 0.533. The number of nitrogens with zero attached hydrogens (tertiary/aromatic N) is 1. The van der Waals surface area contributed by atoms with Crippen LogP contribution in [0.2, 0.25) is 0 Å². The van der Waals surface area contributed by atoms with E-state index < -0.39 is 0 Å². The second-order valence-electron chi connectivity index (χ2n) is 4.69. The molecule has 0 N–H and O–H groups in total. The Morgan fingerprint density at radius 1 is 1.47 bits per heavy atom. The molecule has 0 radical (unpaired) electrons. The first-order valence-corrected chi connectivity index (χ1v) is 7.37. The lowest BCUT2D eigenvalue weighted by molar-refractivity contribution is 0.0613. The molecule has 3 nitrogen and oxygen atoms in total. The minimum absolute atomic E-state index is 0.0574. The van der Waals surface area contributed by atoms with E-state index in [4.69, 9.17) is 4.74 Å². The van der Waals surface area contributed by atoms with E-state index >= 15 is 0 Å². The first kappa shape index (κ1) is 16.2. The van der Waals surface area contributed by atoms with Crippen molar-refractivity contribution in [2.45, 2.75) is 33.2 Å². The van der Waals surface area contributed by atoms with Crippen molar-refractivity contribution in [1.29, 1.82) is 0 Å². The van der Waals surface area contributed by atoms with E-state index in [1.165, 1.54) is 0 Å². The third-order valence-electron chi connectivity index (χ3n) is 3.34. The van der Waals surface area contributed by atoms with E-state index in [0.717, 1.165) is 22.0 Å². The number of hydrogen-bond acceptors (Lipinski definition) is 2. The van der Waals surface area contributed by atoms with Crippen LogP contribution in [0.4, 0.5) is 0 Å². The van der Waals surface area contributed by atoms with E-state index in [2.05, 4.69) is 29.8 Å². The van der Waals surface area contributed by atoms with Crippen LogP contribution >= 0.6 is 15.9 Å². The van der Waals surface area contributed by atoms with Crippen molar-refractivity contribution < 1.29 is 9.53 Å². The van der Waals surface area contributed by atoms with Crippen LogP contribution in [0.3, 0.4) is 0 Å². The highest BCUT2D eigenvalue weighted by Gasteiger charge is 2.22. The average Bonchev–Trinajstić information content (AvgIpc) is 2.41. The molecule has 4 heteroatoms. The maximum atomic E-state index is 12.7. The molecule has 0 heterocycles. The van der Waals surface area contributed by atoms with E-state index in [-0.39, 0.29) is 11.9 Å². The Labute approximate surface area is 124 Å². The molecule has 1 atom stereocenters. The molecule has 0 aliphatic rings. The van der Waals surface area contributed by atoms with Crippen molar-refractivity contribution in [1.82, 2.24) is 4.90 Å². The predicted octanol–water partition coefficient (Wildman–Crippen LogP) is 3.64. The standard InChI is InChI=1S/C15H22BrNO2/c1-5-12(3)17(9-10-19-4)15(18)13-8-6-7-11(2)14(13)16/h6-8,12H,5,9-10H2,1-4H3. The normalized spacial score (nSPS) is 12.3. The smallest absolute Gasteiger partial charge is 0.255 e. The van der Waals surface area contributed by atoms with Crippen molar-refractivity contribution in [3.8, 4) is 0 Å². The molecule has 0 fully saturated rings. The molecule has 0 aliphatic heterocycles. The van der Waals surface area contributed by atoms with Crippen LogP contribution < -0.4 is 0 Å². The van der Waals surface area contributed by atoms with Crippen LogP contribution in [0.5, 0.6) is 0 Å². The van der Waals surface area contributed by atoms with Crippen molar-refractivity contribution in [2.75, 3.05) is 20.3 Å². The minimum atomic E-state index is 0.0574. The zero-order chi connectivity index (χ0) is 14.4. The third kappa shape index (κ3) is 4.05. The van der Waals surface area contributed by atoms with Gasteiger partial charge in [0.2, 0.25) is 0 Å². The number of aryl methyl sites for hydroxylation is 1. The molecule has 1 aromatic rings. The van der Waals surface area contributed by atoms with Crippen LogP contribution in [-0.4, -0.2) is 37.1 Å². The van der Waals surface area contributed by atoms with Gasteiger partial charge >= 0.3 is 0 Å². The number of rotatable bonds is 6. The SMILES string of the molecule is CCC(C)N(CCOC)C(=O)c1cccc(C)c1Br. The van der Waals surface area contributed by atoms with E-state index in [1.807, 2.05) is 30.0 Å². The predicted molar refractivity (Wildman–Crippen MR) is 81.5 cm³/mol. The number of hydrogen-bond donors (Lipinski definition) is 0. The monoisotopic (exact) mass is 327 g/mol. The van der Waals surface area contributed by atoms with Gasteiger partial charge < -0.3 is 9.64 Å². The Kier molecular flexibility index (Phi) is 6.52. The molecule has 0 aliphatic carbocycles. The first-order valence-electron chi connectivity index (χ1n) is 6.57. The Morgan fingerprint density at radius 2 is 2.16 bits per heavy atom. The third-order valence-corrected chi connectivity index (χ3v) is 4.39. The molecule has 0 spiro atoms. The van der Waals surface area contributed by atoms with Gasteiger partial charge in [-0.05, 0) is 47.8 Å². The number of ether oxygens (including phenoxy) is 1. The van der Waals surface area contributed by atoms with Gasteiger partial charge in [0.25, 0.3) is 5.91 Å². The summed E-state index contributed by atoms with van der Waals surface area (Å²) in [6, 6.07) is 5.97. The van der Waals surface area contributed by atoms with Gasteiger partial charge in [-0.25, -0.2) is 0 Å². The van der Waals surface area contributed by atoms with Crippen molar-refractivity contribution in [3.63, 3.8) is 0 Å².